The van der Waals surface area contributed by atoms with Gasteiger partial charge in [0.15, 0.2) is 5.82 Å². The number of aromatic nitrogens is 5. The molecule has 1 amide bonds. The number of likely N-dealkylation sites (tertiary alicyclic amines) is 1. The molecule has 1 saturated heterocycles. The number of aromatic amines is 1. The number of H-pyrrole nitrogens is 1. The Balaban J connectivity index is 1.41. The van der Waals surface area contributed by atoms with Crippen LogP contribution in [0.2, 0.25) is 15.1 Å². The first-order valence-corrected chi connectivity index (χ1v) is 14.4. The summed E-state index contributed by atoms with van der Waals surface area (Å²) in [6, 6.07) is 24.9. The van der Waals surface area contributed by atoms with Gasteiger partial charge < -0.3 is 4.90 Å². The van der Waals surface area contributed by atoms with E-state index in [9.17, 15) is 4.79 Å². The average molecular weight is 604 g/mol. The number of hydrogen-bond donors (Lipinski definition) is 1. The molecular formula is C31H25Cl3N6O. The smallest absolute Gasteiger partial charge is 0.255 e. The van der Waals surface area contributed by atoms with Crippen LogP contribution < -0.4 is 0 Å². The maximum Gasteiger partial charge on any atom is 0.255 e. The van der Waals surface area contributed by atoms with Gasteiger partial charge in [-0.25, -0.2) is 0 Å². The monoisotopic (exact) mass is 602 g/mol. The largest absolute Gasteiger partial charge is 0.339 e. The van der Waals surface area contributed by atoms with Gasteiger partial charge in [0.1, 0.15) is 0 Å². The predicted octanol–water partition coefficient (Wildman–Crippen LogP) is 7.50. The zero-order valence-electron chi connectivity index (χ0n) is 21.9. The summed E-state index contributed by atoms with van der Waals surface area (Å²) in [6.07, 6.45) is 1.96. The first-order chi connectivity index (χ1) is 20.0. The molecule has 7 nitrogen and oxygen atoms in total. The van der Waals surface area contributed by atoms with E-state index in [4.69, 9.17) is 39.8 Å². The number of piperidine rings is 1. The summed E-state index contributed by atoms with van der Waals surface area (Å²) >= 11 is 19.0. The lowest BCUT2D eigenvalue weighted by molar-refractivity contribution is 0.0711. The number of pyridine rings is 1. The topological polar surface area (TPSA) is 87.7 Å². The van der Waals surface area contributed by atoms with E-state index in [1.807, 2.05) is 71.6 Å². The van der Waals surface area contributed by atoms with E-state index in [2.05, 4.69) is 32.8 Å². The minimum atomic E-state index is -0.0819. The summed E-state index contributed by atoms with van der Waals surface area (Å²) in [5.74, 6) is 0.737. The van der Waals surface area contributed by atoms with Gasteiger partial charge in [0, 0.05) is 44.8 Å². The Bertz CT molecular complexity index is 1670. The highest BCUT2D eigenvalue weighted by Crippen LogP contribution is 2.38. The van der Waals surface area contributed by atoms with Crippen molar-refractivity contribution in [2.24, 2.45) is 0 Å². The van der Waals surface area contributed by atoms with Crippen molar-refractivity contribution in [3.05, 3.63) is 117 Å². The molecule has 0 unspecified atom stereocenters. The number of nitrogens with one attached hydrogen (secondary N) is 1. The second kappa shape index (κ2) is 12.0. The molecule has 41 heavy (non-hydrogen) atoms. The summed E-state index contributed by atoms with van der Waals surface area (Å²) in [5, 5.41) is 16.3. The molecule has 3 heterocycles. The van der Waals surface area contributed by atoms with Crippen LogP contribution >= 0.6 is 34.8 Å². The quantitative estimate of drug-likeness (QED) is 0.217. The molecule has 2 aromatic heterocycles. The summed E-state index contributed by atoms with van der Waals surface area (Å²) in [5.41, 5.74) is 5.38. The van der Waals surface area contributed by atoms with E-state index < -0.39 is 0 Å². The molecule has 0 bridgehead atoms. The fourth-order valence-electron chi connectivity index (χ4n) is 5.31. The van der Waals surface area contributed by atoms with Crippen molar-refractivity contribution in [1.82, 2.24) is 30.5 Å². The summed E-state index contributed by atoms with van der Waals surface area (Å²) < 4.78 is 0. The number of tetrazole rings is 1. The van der Waals surface area contributed by atoms with Gasteiger partial charge in [0.25, 0.3) is 5.91 Å². The summed E-state index contributed by atoms with van der Waals surface area (Å²) in [4.78, 5) is 21.1. The highest BCUT2D eigenvalue weighted by molar-refractivity contribution is 6.33. The lowest BCUT2D eigenvalue weighted by atomic mass is 9.89. The summed E-state index contributed by atoms with van der Waals surface area (Å²) in [6.45, 7) is 1.27. The number of rotatable bonds is 6. The standard InChI is InChI=1S/C31H25Cl3N6O/c32-22-9-5-19(6-10-22)20-13-15-40(16-14-20)31(41)26-17-25(24-3-1-2-4-27(24)34)30(21-7-11-23(33)12-8-21)35-28(26)18-29-36-38-39-37-29/h1-12,17,20H,13-16,18H2,(H,36,37,38,39). The molecule has 10 heteroatoms. The van der Waals surface area contributed by atoms with Crippen LogP contribution in [0.4, 0.5) is 0 Å². The fourth-order valence-corrected chi connectivity index (χ4v) is 5.80. The molecule has 1 aliphatic heterocycles. The van der Waals surface area contributed by atoms with Crippen LogP contribution in [0.25, 0.3) is 22.4 Å². The van der Waals surface area contributed by atoms with E-state index in [0.717, 1.165) is 34.6 Å². The number of nitrogens with zero attached hydrogens (tertiary/aromatic N) is 5. The molecule has 3 aromatic carbocycles. The fraction of sp³-hybridized carbons (Fsp3) is 0.194. The van der Waals surface area contributed by atoms with E-state index in [0.29, 0.717) is 51.8 Å². The van der Waals surface area contributed by atoms with Crippen molar-refractivity contribution < 1.29 is 4.79 Å². The van der Waals surface area contributed by atoms with Crippen LogP contribution in [0.3, 0.4) is 0 Å². The molecular weight excluding hydrogens is 579 g/mol. The van der Waals surface area contributed by atoms with Crippen LogP contribution in [0, 0.1) is 0 Å². The van der Waals surface area contributed by atoms with Crippen LogP contribution in [0.15, 0.2) is 78.9 Å². The van der Waals surface area contributed by atoms with Gasteiger partial charge in [-0.3, -0.25) is 9.78 Å². The van der Waals surface area contributed by atoms with Crippen molar-refractivity contribution in [3.63, 3.8) is 0 Å². The third-order valence-corrected chi connectivity index (χ3v) is 8.29. The molecule has 0 spiro atoms. The second-order valence-corrected chi connectivity index (χ2v) is 11.3. The molecule has 1 fully saturated rings. The van der Waals surface area contributed by atoms with Crippen LogP contribution in [-0.2, 0) is 6.42 Å². The number of benzene rings is 3. The van der Waals surface area contributed by atoms with Gasteiger partial charge in [-0.2, -0.15) is 5.21 Å². The molecule has 1 N–H and O–H groups in total. The molecule has 6 rings (SSSR count). The first-order valence-electron chi connectivity index (χ1n) is 13.3. The van der Waals surface area contributed by atoms with Crippen molar-refractivity contribution in [2.45, 2.75) is 25.2 Å². The third kappa shape index (κ3) is 5.98. The van der Waals surface area contributed by atoms with Gasteiger partial charge in [0.05, 0.1) is 23.4 Å². The van der Waals surface area contributed by atoms with Crippen molar-refractivity contribution in [2.75, 3.05) is 13.1 Å². The molecule has 0 atom stereocenters. The van der Waals surface area contributed by atoms with Crippen LogP contribution in [0.5, 0.6) is 0 Å². The Labute approximate surface area is 252 Å². The average Bonchev–Trinajstić information content (AvgIpc) is 3.51. The number of carbonyl (C=O) groups is 1. The molecule has 0 aliphatic carbocycles. The van der Waals surface area contributed by atoms with Gasteiger partial charge in [-0.05, 0) is 60.7 Å². The number of hydrogen-bond acceptors (Lipinski definition) is 5. The summed E-state index contributed by atoms with van der Waals surface area (Å²) in [7, 11) is 0. The maximum atomic E-state index is 14.2. The Morgan fingerprint density at radius 1 is 0.878 bits per heavy atom. The molecule has 5 aromatic rings. The van der Waals surface area contributed by atoms with E-state index in [-0.39, 0.29) is 12.3 Å². The van der Waals surface area contributed by atoms with E-state index >= 15 is 0 Å². The van der Waals surface area contributed by atoms with Crippen molar-refractivity contribution >= 4 is 40.7 Å². The van der Waals surface area contributed by atoms with Gasteiger partial charge >= 0.3 is 0 Å². The Morgan fingerprint density at radius 3 is 2.22 bits per heavy atom. The highest BCUT2D eigenvalue weighted by atomic mass is 35.5. The van der Waals surface area contributed by atoms with E-state index in [1.54, 1.807) is 0 Å². The van der Waals surface area contributed by atoms with Crippen LogP contribution in [0.1, 0.15) is 46.2 Å². The lowest BCUT2D eigenvalue weighted by Gasteiger charge is -2.33. The van der Waals surface area contributed by atoms with Gasteiger partial charge in [-0.1, -0.05) is 82.5 Å². The maximum absolute atomic E-state index is 14.2. The number of halogens is 3. The Morgan fingerprint density at radius 2 is 1.56 bits per heavy atom. The number of carbonyl (C=O) groups excluding carboxylic acids is 1. The SMILES string of the molecule is O=C(c1cc(-c2ccccc2Cl)c(-c2ccc(Cl)cc2)nc1Cc1nn[nH]n1)N1CCC(c2ccc(Cl)cc2)CC1. The molecule has 0 radical (unpaired) electrons. The van der Waals surface area contributed by atoms with Gasteiger partial charge in [-0.15, -0.1) is 10.2 Å². The van der Waals surface area contributed by atoms with Crippen molar-refractivity contribution in [1.29, 1.82) is 0 Å². The Kier molecular flexibility index (Phi) is 8.01. The zero-order chi connectivity index (χ0) is 28.3. The molecule has 1 aliphatic rings. The molecule has 206 valence electrons. The van der Waals surface area contributed by atoms with E-state index in [1.165, 1.54) is 5.56 Å². The third-order valence-electron chi connectivity index (χ3n) is 7.45. The normalized spacial score (nSPS) is 13.9. The zero-order valence-corrected chi connectivity index (χ0v) is 24.2. The predicted molar refractivity (Wildman–Crippen MR) is 161 cm³/mol. The minimum absolute atomic E-state index is 0.0819. The minimum Gasteiger partial charge on any atom is -0.339 e. The molecule has 0 saturated carbocycles. The first kappa shape index (κ1) is 27.4. The van der Waals surface area contributed by atoms with Crippen molar-refractivity contribution in [3.8, 4) is 22.4 Å². The van der Waals surface area contributed by atoms with Gasteiger partial charge in [0.2, 0.25) is 0 Å². The Hall–Kier alpha value is -3.78. The highest BCUT2D eigenvalue weighted by Gasteiger charge is 2.28. The lowest BCUT2D eigenvalue weighted by Crippen LogP contribution is -2.38. The second-order valence-electron chi connectivity index (χ2n) is 9.99. The van der Waals surface area contributed by atoms with Crippen LogP contribution in [-0.4, -0.2) is 49.5 Å². The number of amides is 1.